The van der Waals surface area contributed by atoms with Gasteiger partial charge in [0, 0.05) is 12.2 Å². The van der Waals surface area contributed by atoms with E-state index in [-0.39, 0.29) is 0 Å². The van der Waals surface area contributed by atoms with E-state index in [4.69, 9.17) is 10.2 Å². The first-order valence-corrected chi connectivity index (χ1v) is 10.1. The van der Waals surface area contributed by atoms with Gasteiger partial charge in [-0.1, -0.05) is 30.3 Å². The third kappa shape index (κ3) is 5.06. The van der Waals surface area contributed by atoms with E-state index in [0.717, 1.165) is 31.0 Å². The van der Waals surface area contributed by atoms with Crippen molar-refractivity contribution in [3.05, 3.63) is 88.9 Å². The van der Waals surface area contributed by atoms with Gasteiger partial charge in [0.05, 0.1) is 19.4 Å². The van der Waals surface area contributed by atoms with E-state index in [2.05, 4.69) is 58.7 Å². The molecule has 1 heterocycles. The first-order chi connectivity index (χ1) is 14.2. The molecule has 0 atom stereocenters. The lowest BCUT2D eigenvalue weighted by Crippen LogP contribution is -2.23. The summed E-state index contributed by atoms with van der Waals surface area (Å²) in [6.45, 7) is 2.14. The Morgan fingerprint density at radius 1 is 1.03 bits per heavy atom. The topological polar surface area (TPSA) is 66.8 Å². The summed E-state index contributed by atoms with van der Waals surface area (Å²) in [6.07, 6.45) is 5.29. The van der Waals surface area contributed by atoms with E-state index in [1.807, 2.05) is 18.2 Å². The highest BCUT2D eigenvalue weighted by Gasteiger charge is 2.11. The van der Waals surface area contributed by atoms with Gasteiger partial charge in [0.1, 0.15) is 5.76 Å². The van der Waals surface area contributed by atoms with E-state index >= 15 is 0 Å². The number of nitrogens with one attached hydrogen (secondary N) is 1. The van der Waals surface area contributed by atoms with Crippen molar-refractivity contribution >= 4 is 11.6 Å². The van der Waals surface area contributed by atoms with Crippen LogP contribution in [-0.4, -0.2) is 17.9 Å². The lowest BCUT2D eigenvalue weighted by atomic mass is 10.1. The number of aliphatic imine (C=N–C) groups is 1. The maximum atomic E-state index is 6.16. The van der Waals surface area contributed by atoms with Gasteiger partial charge in [-0.2, -0.15) is 0 Å². The second kappa shape index (κ2) is 8.97. The van der Waals surface area contributed by atoms with Crippen LogP contribution in [-0.2, 0) is 32.5 Å². The first-order valence-electron chi connectivity index (χ1n) is 10.1. The van der Waals surface area contributed by atoms with E-state index < -0.39 is 0 Å². The molecule has 3 aromatic rings. The van der Waals surface area contributed by atoms with Crippen LogP contribution in [0, 0.1) is 0 Å². The van der Waals surface area contributed by atoms with Crippen molar-refractivity contribution in [2.24, 2.45) is 10.7 Å². The van der Waals surface area contributed by atoms with Crippen molar-refractivity contribution in [3.8, 4) is 0 Å². The molecule has 150 valence electrons. The zero-order valence-corrected chi connectivity index (χ0v) is 16.9. The van der Waals surface area contributed by atoms with Gasteiger partial charge in [-0.25, -0.2) is 4.99 Å². The Balaban J connectivity index is 1.38. The Morgan fingerprint density at radius 3 is 2.69 bits per heavy atom. The summed E-state index contributed by atoms with van der Waals surface area (Å²) in [5.74, 6) is 1.41. The average molecular weight is 389 g/mol. The van der Waals surface area contributed by atoms with Gasteiger partial charge >= 0.3 is 0 Å². The minimum absolute atomic E-state index is 0.446. The Labute approximate surface area is 172 Å². The van der Waals surface area contributed by atoms with Crippen molar-refractivity contribution < 1.29 is 4.42 Å². The minimum Gasteiger partial charge on any atom is -0.468 e. The summed E-state index contributed by atoms with van der Waals surface area (Å²) < 4.78 is 5.45. The SMILES string of the molecule is CN(Cc1ccco1)Cc1ccccc1CN=C(N)Nc1ccc2c(c1)CCC2. The number of fused-ring (bicyclic) bond motifs is 1. The molecule has 5 heteroatoms. The average Bonchev–Trinajstić information content (AvgIpc) is 3.38. The maximum Gasteiger partial charge on any atom is 0.193 e. The zero-order valence-electron chi connectivity index (χ0n) is 16.9. The number of hydrogen-bond acceptors (Lipinski definition) is 3. The number of guanidine groups is 1. The molecule has 29 heavy (non-hydrogen) atoms. The molecule has 0 radical (unpaired) electrons. The first kappa shape index (κ1) is 19.3. The standard InChI is InChI=1S/C24H28N4O/c1-28(17-23-10-5-13-29-23)16-21-7-3-2-6-20(21)15-26-24(25)27-22-12-11-18-8-4-9-19(18)14-22/h2-3,5-7,10-14H,4,8-9,15-17H2,1H3,(H3,25,26,27). The van der Waals surface area contributed by atoms with Crippen LogP contribution in [0.15, 0.2) is 70.3 Å². The molecule has 1 aliphatic carbocycles. The molecule has 0 aliphatic heterocycles. The van der Waals surface area contributed by atoms with Crippen molar-refractivity contribution in [1.29, 1.82) is 0 Å². The van der Waals surface area contributed by atoms with Crippen LogP contribution in [0.5, 0.6) is 0 Å². The van der Waals surface area contributed by atoms with Crippen LogP contribution in [0.2, 0.25) is 0 Å². The van der Waals surface area contributed by atoms with Gasteiger partial charge in [0.2, 0.25) is 0 Å². The van der Waals surface area contributed by atoms with Crippen LogP contribution >= 0.6 is 0 Å². The van der Waals surface area contributed by atoms with Gasteiger partial charge in [-0.15, -0.1) is 0 Å². The third-order valence-electron chi connectivity index (χ3n) is 5.36. The lowest BCUT2D eigenvalue weighted by Gasteiger charge is -2.17. The molecule has 3 N–H and O–H groups in total. The molecule has 0 amide bonds. The van der Waals surface area contributed by atoms with E-state index in [9.17, 15) is 0 Å². The fourth-order valence-corrected chi connectivity index (χ4v) is 3.89. The molecule has 4 rings (SSSR count). The van der Waals surface area contributed by atoms with Crippen LogP contribution in [0.25, 0.3) is 0 Å². The van der Waals surface area contributed by atoms with Crippen LogP contribution in [0.3, 0.4) is 0 Å². The maximum absolute atomic E-state index is 6.16. The number of hydrogen-bond donors (Lipinski definition) is 2. The molecule has 5 nitrogen and oxygen atoms in total. The van der Waals surface area contributed by atoms with Crippen LogP contribution < -0.4 is 11.1 Å². The molecule has 1 aliphatic rings. The summed E-state index contributed by atoms with van der Waals surface area (Å²) in [6, 6.07) is 18.8. The number of rotatable bonds is 7. The summed E-state index contributed by atoms with van der Waals surface area (Å²) in [5.41, 5.74) is 12.5. The molecule has 0 bridgehead atoms. The number of furan rings is 1. The lowest BCUT2D eigenvalue weighted by molar-refractivity contribution is 0.287. The van der Waals surface area contributed by atoms with Gasteiger partial charge in [-0.3, -0.25) is 4.90 Å². The number of nitrogens with zero attached hydrogens (tertiary/aromatic N) is 2. The fourth-order valence-electron chi connectivity index (χ4n) is 3.89. The molecule has 0 fully saturated rings. The zero-order chi connectivity index (χ0) is 20.1. The molecule has 1 aromatic heterocycles. The van der Waals surface area contributed by atoms with Gasteiger partial charge in [-0.05, 0) is 72.8 Å². The van der Waals surface area contributed by atoms with Gasteiger partial charge in [0.15, 0.2) is 5.96 Å². The molecule has 0 saturated carbocycles. The summed E-state index contributed by atoms with van der Waals surface area (Å²) >= 11 is 0. The molecule has 0 unspecified atom stereocenters. The highest BCUT2D eigenvalue weighted by molar-refractivity contribution is 5.92. The van der Waals surface area contributed by atoms with Gasteiger partial charge in [0.25, 0.3) is 0 Å². The Bertz CT molecular complexity index is 978. The Hall–Kier alpha value is -3.05. The minimum atomic E-state index is 0.446. The van der Waals surface area contributed by atoms with Crippen molar-refractivity contribution in [2.45, 2.75) is 38.9 Å². The second-order valence-electron chi connectivity index (χ2n) is 7.68. The van der Waals surface area contributed by atoms with E-state index in [1.165, 1.54) is 35.1 Å². The molecular formula is C24H28N4O. The largest absolute Gasteiger partial charge is 0.468 e. The highest BCUT2D eigenvalue weighted by Crippen LogP contribution is 2.24. The quantitative estimate of drug-likeness (QED) is 0.467. The Kier molecular flexibility index (Phi) is 5.96. The van der Waals surface area contributed by atoms with Gasteiger partial charge < -0.3 is 15.5 Å². The Morgan fingerprint density at radius 2 is 1.86 bits per heavy atom. The van der Waals surface area contributed by atoms with Crippen molar-refractivity contribution in [2.75, 3.05) is 12.4 Å². The number of nitrogens with two attached hydrogens (primary N) is 1. The second-order valence-corrected chi connectivity index (χ2v) is 7.68. The van der Waals surface area contributed by atoms with Crippen molar-refractivity contribution in [3.63, 3.8) is 0 Å². The smallest absolute Gasteiger partial charge is 0.193 e. The number of benzene rings is 2. The molecule has 2 aromatic carbocycles. The summed E-state index contributed by atoms with van der Waals surface area (Å²) in [5, 5.41) is 3.24. The predicted octanol–water partition coefficient (Wildman–Crippen LogP) is 4.33. The van der Waals surface area contributed by atoms with Crippen molar-refractivity contribution in [1.82, 2.24) is 4.90 Å². The number of aryl methyl sites for hydroxylation is 2. The van der Waals surface area contributed by atoms with E-state index in [1.54, 1.807) is 6.26 Å². The third-order valence-corrected chi connectivity index (χ3v) is 5.36. The normalized spacial score (nSPS) is 13.7. The molecule has 0 saturated heterocycles. The molecular weight excluding hydrogens is 360 g/mol. The number of anilines is 1. The summed E-state index contributed by atoms with van der Waals surface area (Å²) in [7, 11) is 2.09. The van der Waals surface area contributed by atoms with E-state index in [0.29, 0.717) is 12.5 Å². The molecule has 0 spiro atoms. The summed E-state index contributed by atoms with van der Waals surface area (Å²) in [4.78, 5) is 6.80. The van der Waals surface area contributed by atoms with Crippen LogP contribution in [0.4, 0.5) is 5.69 Å². The van der Waals surface area contributed by atoms with Crippen LogP contribution in [0.1, 0.15) is 34.4 Å². The monoisotopic (exact) mass is 388 g/mol. The fraction of sp³-hybridized carbons (Fsp3) is 0.292. The highest BCUT2D eigenvalue weighted by atomic mass is 16.3. The predicted molar refractivity (Wildman–Crippen MR) is 118 cm³/mol.